The first-order valence-corrected chi connectivity index (χ1v) is 10.4. The van der Waals surface area contributed by atoms with Gasteiger partial charge in [-0.3, -0.25) is 9.59 Å². The van der Waals surface area contributed by atoms with Crippen molar-refractivity contribution in [3.8, 4) is 5.75 Å². The highest BCUT2D eigenvalue weighted by Gasteiger charge is 2.30. The summed E-state index contributed by atoms with van der Waals surface area (Å²) in [6.45, 7) is 6.15. The molecule has 0 saturated carbocycles. The number of carbonyl (C=O) groups is 2. The number of hydrogen-bond acceptors (Lipinski definition) is 4. The second-order valence-electron chi connectivity index (χ2n) is 6.75. The molecule has 2 aromatic carbocycles. The van der Waals surface area contributed by atoms with E-state index in [1.165, 1.54) is 5.56 Å². The van der Waals surface area contributed by atoms with Crippen LogP contribution in [0.4, 0.5) is 5.69 Å². The lowest BCUT2D eigenvalue weighted by molar-refractivity contribution is -0.116. The van der Waals surface area contributed by atoms with Crippen molar-refractivity contribution in [2.45, 2.75) is 39.0 Å². The summed E-state index contributed by atoms with van der Waals surface area (Å²) in [5.41, 5.74) is 3.89. The Hall–Kier alpha value is -2.27. The van der Waals surface area contributed by atoms with Gasteiger partial charge in [-0.05, 0) is 57.0 Å². The first-order valence-electron chi connectivity index (χ1n) is 9.25. The van der Waals surface area contributed by atoms with Crippen LogP contribution in [0.1, 0.15) is 42.3 Å². The summed E-state index contributed by atoms with van der Waals surface area (Å²) < 4.78 is 5.67. The highest BCUT2D eigenvalue weighted by Crippen LogP contribution is 2.33. The fraction of sp³-hybridized carbons (Fsp3) is 0.364. The van der Waals surface area contributed by atoms with E-state index >= 15 is 0 Å². The van der Waals surface area contributed by atoms with Gasteiger partial charge in [-0.25, -0.2) is 0 Å². The van der Waals surface area contributed by atoms with E-state index in [-0.39, 0.29) is 17.7 Å². The van der Waals surface area contributed by atoms with Crippen LogP contribution in [0, 0.1) is 0 Å². The van der Waals surface area contributed by atoms with Crippen LogP contribution in [-0.4, -0.2) is 30.1 Å². The maximum absolute atomic E-state index is 12.8. The molecule has 5 heteroatoms. The number of fused-ring (bicyclic) bond motifs is 1. The van der Waals surface area contributed by atoms with Crippen molar-refractivity contribution in [2.24, 2.45) is 0 Å². The summed E-state index contributed by atoms with van der Waals surface area (Å²) in [4.78, 5) is 26.4. The fourth-order valence-electron chi connectivity index (χ4n) is 3.47. The average Bonchev–Trinajstić information content (AvgIpc) is 2.98. The van der Waals surface area contributed by atoms with E-state index in [4.69, 9.17) is 4.74 Å². The molecular weight excluding hydrogens is 358 g/mol. The number of thioether (sulfide) groups is 1. The van der Waals surface area contributed by atoms with Crippen LogP contribution >= 0.6 is 11.8 Å². The summed E-state index contributed by atoms with van der Waals surface area (Å²) in [5.74, 6) is 1.96. The van der Waals surface area contributed by atoms with Crippen LogP contribution in [0.15, 0.2) is 42.5 Å². The normalized spacial score (nSPS) is 15.5. The molecule has 1 atom stereocenters. The van der Waals surface area contributed by atoms with E-state index in [0.29, 0.717) is 23.7 Å². The topological polar surface area (TPSA) is 46.6 Å². The smallest absolute Gasteiger partial charge is 0.237 e. The van der Waals surface area contributed by atoms with Crippen LogP contribution < -0.4 is 9.64 Å². The fourth-order valence-corrected chi connectivity index (χ4v) is 4.33. The number of ketones is 1. The number of Topliss-reactive ketones (excluding diaryl/α,β-unsaturated/α-hetero) is 1. The predicted octanol–water partition coefficient (Wildman–Crippen LogP) is 4.50. The Bertz CT molecular complexity index is 849. The number of benzene rings is 2. The lowest BCUT2D eigenvalue weighted by atomic mass is 10.1. The predicted molar refractivity (Wildman–Crippen MR) is 111 cm³/mol. The number of rotatable bonds is 7. The second kappa shape index (κ2) is 8.61. The summed E-state index contributed by atoms with van der Waals surface area (Å²) in [6.07, 6.45) is 0.904. The third-order valence-corrected chi connectivity index (χ3v) is 5.69. The van der Waals surface area contributed by atoms with Crippen molar-refractivity contribution in [2.75, 3.05) is 17.3 Å². The molecule has 0 bridgehead atoms. The van der Waals surface area contributed by atoms with E-state index in [9.17, 15) is 9.59 Å². The zero-order chi connectivity index (χ0) is 19.4. The van der Waals surface area contributed by atoms with Gasteiger partial charge in [0.25, 0.3) is 0 Å². The minimum Gasteiger partial charge on any atom is -0.494 e. The van der Waals surface area contributed by atoms with Crippen molar-refractivity contribution in [3.05, 3.63) is 59.2 Å². The monoisotopic (exact) mass is 383 g/mol. The van der Waals surface area contributed by atoms with Gasteiger partial charge >= 0.3 is 0 Å². The molecular formula is C22H25NO3S. The summed E-state index contributed by atoms with van der Waals surface area (Å²) >= 11 is 1.56. The number of amides is 1. The summed E-state index contributed by atoms with van der Waals surface area (Å²) in [5, 5.41) is 0. The van der Waals surface area contributed by atoms with Crippen LogP contribution in [0.3, 0.4) is 0 Å². The molecule has 142 valence electrons. The molecule has 0 N–H and O–H groups in total. The number of hydrogen-bond donors (Lipinski definition) is 0. The number of ether oxygens (including phenoxy) is 1. The van der Waals surface area contributed by atoms with Gasteiger partial charge in [-0.15, -0.1) is 11.8 Å². The van der Waals surface area contributed by atoms with Gasteiger partial charge in [-0.1, -0.05) is 18.2 Å². The van der Waals surface area contributed by atoms with Gasteiger partial charge < -0.3 is 9.64 Å². The minimum absolute atomic E-state index is 0.0304. The number of anilines is 1. The molecule has 0 aliphatic carbocycles. The molecule has 1 heterocycles. The van der Waals surface area contributed by atoms with Gasteiger partial charge in [0, 0.05) is 28.6 Å². The largest absolute Gasteiger partial charge is 0.494 e. The molecule has 0 aromatic heterocycles. The van der Waals surface area contributed by atoms with Gasteiger partial charge in [0.15, 0.2) is 5.78 Å². The summed E-state index contributed by atoms with van der Waals surface area (Å²) in [7, 11) is 0. The van der Waals surface area contributed by atoms with E-state index in [1.807, 2.05) is 42.2 Å². The summed E-state index contributed by atoms with van der Waals surface area (Å²) in [6, 6.07) is 13.8. The third kappa shape index (κ3) is 4.35. The number of para-hydroxylation sites is 1. The molecule has 0 saturated heterocycles. The quantitative estimate of drug-likeness (QED) is 0.661. The molecule has 27 heavy (non-hydrogen) atoms. The van der Waals surface area contributed by atoms with Crippen molar-refractivity contribution >= 4 is 29.1 Å². The maximum Gasteiger partial charge on any atom is 0.237 e. The van der Waals surface area contributed by atoms with E-state index in [0.717, 1.165) is 23.4 Å². The van der Waals surface area contributed by atoms with E-state index < -0.39 is 0 Å². The third-order valence-electron chi connectivity index (χ3n) is 4.73. The SMILES string of the molecule is CCOc1ccc(C(C)=O)cc1CSCC(=O)N1c2ccccc2C[C@H]1C. The Morgan fingerprint density at radius 2 is 2.00 bits per heavy atom. The Morgan fingerprint density at radius 3 is 2.74 bits per heavy atom. The lowest BCUT2D eigenvalue weighted by Crippen LogP contribution is -2.37. The van der Waals surface area contributed by atoms with Gasteiger partial charge in [0.05, 0.1) is 12.4 Å². The molecule has 3 rings (SSSR count). The highest BCUT2D eigenvalue weighted by atomic mass is 32.2. The second-order valence-corrected chi connectivity index (χ2v) is 7.74. The zero-order valence-corrected chi connectivity index (χ0v) is 16.8. The van der Waals surface area contributed by atoms with E-state index in [2.05, 4.69) is 13.0 Å². The van der Waals surface area contributed by atoms with Crippen LogP contribution in [-0.2, 0) is 17.0 Å². The van der Waals surface area contributed by atoms with Crippen molar-refractivity contribution in [1.29, 1.82) is 0 Å². The first kappa shape index (κ1) is 19.5. The molecule has 1 amide bonds. The molecule has 0 fully saturated rings. The maximum atomic E-state index is 12.8. The van der Waals surface area contributed by atoms with Gasteiger partial charge in [0.2, 0.25) is 5.91 Å². The number of carbonyl (C=O) groups excluding carboxylic acids is 2. The Kier molecular flexibility index (Phi) is 6.22. The Balaban J connectivity index is 1.67. The van der Waals surface area contributed by atoms with E-state index in [1.54, 1.807) is 24.8 Å². The van der Waals surface area contributed by atoms with Crippen LogP contribution in [0.25, 0.3) is 0 Å². The zero-order valence-electron chi connectivity index (χ0n) is 16.0. The molecule has 0 spiro atoms. The molecule has 1 aliphatic rings. The van der Waals surface area contributed by atoms with Crippen LogP contribution in [0.2, 0.25) is 0 Å². The Labute approximate surface area is 164 Å². The minimum atomic E-state index is 0.0304. The first-order chi connectivity index (χ1) is 13.0. The molecule has 4 nitrogen and oxygen atoms in total. The van der Waals surface area contributed by atoms with Crippen LogP contribution in [0.5, 0.6) is 5.75 Å². The molecule has 0 unspecified atom stereocenters. The lowest BCUT2D eigenvalue weighted by Gasteiger charge is -2.22. The van der Waals surface area contributed by atoms with Crippen molar-refractivity contribution < 1.29 is 14.3 Å². The molecule has 2 aromatic rings. The molecule has 1 aliphatic heterocycles. The van der Waals surface area contributed by atoms with Crippen molar-refractivity contribution in [3.63, 3.8) is 0 Å². The average molecular weight is 384 g/mol. The van der Waals surface area contributed by atoms with Crippen molar-refractivity contribution in [1.82, 2.24) is 0 Å². The van der Waals surface area contributed by atoms with Gasteiger partial charge in [-0.2, -0.15) is 0 Å². The highest BCUT2D eigenvalue weighted by molar-refractivity contribution is 7.99. The standard InChI is InChI=1S/C22H25NO3S/c1-4-26-21-10-9-17(16(3)24)12-19(21)13-27-14-22(25)23-15(2)11-18-7-5-6-8-20(18)23/h5-10,12,15H,4,11,13-14H2,1-3H3/t15-/m1/s1. The molecule has 0 radical (unpaired) electrons. The number of nitrogens with zero attached hydrogens (tertiary/aromatic N) is 1. The van der Waals surface area contributed by atoms with Gasteiger partial charge in [0.1, 0.15) is 5.75 Å². The Morgan fingerprint density at radius 1 is 1.22 bits per heavy atom.